The molecule has 3 nitrogen and oxygen atoms in total. The van der Waals surface area contributed by atoms with Gasteiger partial charge in [-0.1, -0.05) is 31.2 Å². The summed E-state index contributed by atoms with van der Waals surface area (Å²) >= 11 is 0. The third-order valence-corrected chi connectivity index (χ3v) is 2.86. The zero-order chi connectivity index (χ0) is 12.7. The third kappa shape index (κ3) is 4.57. The van der Waals surface area contributed by atoms with Crippen LogP contribution in [0.25, 0.3) is 0 Å². The van der Waals surface area contributed by atoms with Crippen LogP contribution in [-0.2, 0) is 11.3 Å². The molecule has 0 aliphatic carbocycles. The Bertz CT molecular complexity index is 363. The molecule has 1 amide bonds. The van der Waals surface area contributed by atoms with Gasteiger partial charge >= 0.3 is 0 Å². The molecule has 0 saturated carbocycles. The van der Waals surface area contributed by atoms with Crippen molar-refractivity contribution in [2.24, 2.45) is 0 Å². The van der Waals surface area contributed by atoms with Gasteiger partial charge in [0, 0.05) is 26.6 Å². The smallest absolute Gasteiger partial charge is 0.223 e. The minimum Gasteiger partial charge on any atom is -0.341 e. The van der Waals surface area contributed by atoms with Gasteiger partial charge in [-0.2, -0.15) is 0 Å². The Morgan fingerprint density at radius 1 is 1.35 bits per heavy atom. The first kappa shape index (κ1) is 13.7. The van der Waals surface area contributed by atoms with Gasteiger partial charge in [-0.15, -0.1) is 0 Å². The van der Waals surface area contributed by atoms with E-state index in [0.29, 0.717) is 13.0 Å². The molecule has 0 radical (unpaired) electrons. The number of carbonyl (C=O) groups excluding carboxylic acids is 1. The Morgan fingerprint density at radius 3 is 2.71 bits per heavy atom. The van der Waals surface area contributed by atoms with Gasteiger partial charge in [0.25, 0.3) is 0 Å². The molecule has 1 aromatic carbocycles. The topological polar surface area (TPSA) is 32.3 Å². The maximum Gasteiger partial charge on any atom is 0.223 e. The van der Waals surface area contributed by atoms with E-state index >= 15 is 0 Å². The molecule has 0 bridgehead atoms. The predicted molar refractivity (Wildman–Crippen MR) is 70.8 cm³/mol. The van der Waals surface area contributed by atoms with E-state index in [1.165, 1.54) is 11.1 Å². The molecule has 0 unspecified atom stereocenters. The van der Waals surface area contributed by atoms with Gasteiger partial charge in [0.1, 0.15) is 0 Å². The first-order valence-corrected chi connectivity index (χ1v) is 6.14. The van der Waals surface area contributed by atoms with Crippen molar-refractivity contribution in [1.29, 1.82) is 0 Å². The van der Waals surface area contributed by atoms with E-state index in [0.717, 1.165) is 13.1 Å². The van der Waals surface area contributed by atoms with E-state index in [2.05, 4.69) is 24.4 Å². The van der Waals surface area contributed by atoms with Crippen molar-refractivity contribution < 1.29 is 4.79 Å². The zero-order valence-corrected chi connectivity index (χ0v) is 11.0. The highest BCUT2D eigenvalue weighted by molar-refractivity contribution is 5.76. The summed E-state index contributed by atoms with van der Waals surface area (Å²) in [6.45, 7) is 6.48. The highest BCUT2D eigenvalue weighted by Gasteiger charge is 2.09. The molecule has 0 aliphatic rings. The summed E-state index contributed by atoms with van der Waals surface area (Å²) in [6.07, 6.45) is 0.566. The van der Waals surface area contributed by atoms with Crippen molar-refractivity contribution in [2.45, 2.75) is 26.8 Å². The van der Waals surface area contributed by atoms with Crippen molar-refractivity contribution in [3.63, 3.8) is 0 Å². The zero-order valence-electron chi connectivity index (χ0n) is 11.0. The minimum atomic E-state index is 0.189. The first-order chi connectivity index (χ1) is 8.15. The number of amides is 1. The van der Waals surface area contributed by atoms with Crippen LogP contribution in [0.4, 0.5) is 0 Å². The van der Waals surface area contributed by atoms with Crippen molar-refractivity contribution in [1.82, 2.24) is 10.2 Å². The summed E-state index contributed by atoms with van der Waals surface area (Å²) in [7, 11) is 1.86. The second kappa shape index (κ2) is 7.07. The van der Waals surface area contributed by atoms with Crippen LogP contribution in [0.5, 0.6) is 0 Å². The van der Waals surface area contributed by atoms with E-state index < -0.39 is 0 Å². The monoisotopic (exact) mass is 234 g/mol. The maximum atomic E-state index is 11.8. The van der Waals surface area contributed by atoms with E-state index in [9.17, 15) is 4.79 Å². The number of benzene rings is 1. The van der Waals surface area contributed by atoms with Crippen molar-refractivity contribution in [2.75, 3.05) is 20.1 Å². The van der Waals surface area contributed by atoms with Crippen LogP contribution >= 0.6 is 0 Å². The van der Waals surface area contributed by atoms with Crippen LogP contribution in [0.1, 0.15) is 24.5 Å². The lowest BCUT2D eigenvalue weighted by molar-refractivity contribution is -0.130. The highest BCUT2D eigenvalue weighted by atomic mass is 16.2. The molecule has 0 atom stereocenters. The normalized spacial score (nSPS) is 10.3. The third-order valence-electron chi connectivity index (χ3n) is 2.86. The quantitative estimate of drug-likeness (QED) is 0.763. The molecule has 0 spiro atoms. The number of carbonyl (C=O) groups is 1. The maximum absolute atomic E-state index is 11.8. The number of rotatable bonds is 6. The summed E-state index contributed by atoms with van der Waals surface area (Å²) in [5, 5.41) is 3.16. The predicted octanol–water partition coefficient (Wildman–Crippen LogP) is 1.95. The van der Waals surface area contributed by atoms with Gasteiger partial charge in [-0.25, -0.2) is 0 Å². The SMILES string of the molecule is CCNCCC(=O)N(C)Cc1ccccc1C. The molecule has 1 N–H and O–H groups in total. The van der Waals surface area contributed by atoms with E-state index in [1.807, 2.05) is 26.1 Å². The molecule has 94 valence electrons. The average molecular weight is 234 g/mol. The van der Waals surface area contributed by atoms with E-state index in [4.69, 9.17) is 0 Å². The number of hydrogen-bond donors (Lipinski definition) is 1. The minimum absolute atomic E-state index is 0.189. The van der Waals surface area contributed by atoms with E-state index in [1.54, 1.807) is 4.90 Å². The highest BCUT2D eigenvalue weighted by Crippen LogP contribution is 2.09. The van der Waals surface area contributed by atoms with Crippen molar-refractivity contribution >= 4 is 5.91 Å². The van der Waals surface area contributed by atoms with Crippen LogP contribution in [0.2, 0.25) is 0 Å². The molecular formula is C14H22N2O. The fraction of sp³-hybridized carbons (Fsp3) is 0.500. The molecule has 17 heavy (non-hydrogen) atoms. The Kier molecular flexibility index (Phi) is 5.70. The van der Waals surface area contributed by atoms with Crippen LogP contribution in [0, 0.1) is 6.92 Å². The van der Waals surface area contributed by atoms with Gasteiger partial charge in [0.05, 0.1) is 0 Å². The summed E-state index contributed by atoms with van der Waals surface area (Å²) in [4.78, 5) is 13.6. The number of nitrogens with one attached hydrogen (secondary N) is 1. The molecule has 1 aromatic rings. The van der Waals surface area contributed by atoms with Gasteiger partial charge < -0.3 is 10.2 Å². The summed E-state index contributed by atoms with van der Waals surface area (Å²) in [5.41, 5.74) is 2.45. The molecule has 1 rings (SSSR count). The summed E-state index contributed by atoms with van der Waals surface area (Å²) < 4.78 is 0. The Hall–Kier alpha value is -1.35. The molecule has 0 aliphatic heterocycles. The fourth-order valence-corrected chi connectivity index (χ4v) is 1.69. The molecule has 3 heteroatoms. The van der Waals surface area contributed by atoms with Crippen LogP contribution < -0.4 is 5.32 Å². The lowest BCUT2D eigenvalue weighted by Crippen LogP contribution is -2.29. The lowest BCUT2D eigenvalue weighted by atomic mass is 10.1. The molecule has 0 heterocycles. The molecule has 0 aromatic heterocycles. The molecule has 0 saturated heterocycles. The summed E-state index contributed by atoms with van der Waals surface area (Å²) in [6, 6.07) is 8.18. The van der Waals surface area contributed by atoms with Crippen molar-refractivity contribution in [3.05, 3.63) is 35.4 Å². The molecular weight excluding hydrogens is 212 g/mol. The molecule has 0 fully saturated rings. The van der Waals surface area contributed by atoms with E-state index in [-0.39, 0.29) is 5.91 Å². The summed E-state index contributed by atoms with van der Waals surface area (Å²) in [5.74, 6) is 0.189. The van der Waals surface area contributed by atoms with Gasteiger partial charge in [0.15, 0.2) is 0 Å². The lowest BCUT2D eigenvalue weighted by Gasteiger charge is -2.18. The van der Waals surface area contributed by atoms with Crippen LogP contribution in [0.15, 0.2) is 24.3 Å². The van der Waals surface area contributed by atoms with Crippen molar-refractivity contribution in [3.8, 4) is 0 Å². The van der Waals surface area contributed by atoms with Gasteiger partial charge in [0.2, 0.25) is 5.91 Å². The van der Waals surface area contributed by atoms with Crippen LogP contribution in [0.3, 0.4) is 0 Å². The Morgan fingerprint density at radius 2 is 2.06 bits per heavy atom. The first-order valence-electron chi connectivity index (χ1n) is 6.14. The average Bonchev–Trinajstić information content (AvgIpc) is 2.32. The number of nitrogens with zero attached hydrogens (tertiary/aromatic N) is 1. The van der Waals surface area contributed by atoms with Crippen LogP contribution in [-0.4, -0.2) is 30.9 Å². The number of hydrogen-bond acceptors (Lipinski definition) is 2. The second-order valence-corrected chi connectivity index (χ2v) is 4.28. The Balaban J connectivity index is 2.46. The fourth-order valence-electron chi connectivity index (χ4n) is 1.69. The Labute approximate surface area is 104 Å². The number of aryl methyl sites for hydroxylation is 1. The van der Waals surface area contributed by atoms with Gasteiger partial charge in [-0.05, 0) is 24.6 Å². The van der Waals surface area contributed by atoms with Gasteiger partial charge in [-0.3, -0.25) is 4.79 Å². The standard InChI is InChI=1S/C14H22N2O/c1-4-15-10-9-14(17)16(3)11-13-8-6-5-7-12(13)2/h5-8,15H,4,9-11H2,1-3H3. The largest absolute Gasteiger partial charge is 0.341 e. The second-order valence-electron chi connectivity index (χ2n) is 4.28.